The Morgan fingerprint density at radius 1 is 1.24 bits per heavy atom. The molecular weight excluding hydrogens is 314 g/mol. The third kappa shape index (κ3) is 4.00. The van der Waals surface area contributed by atoms with E-state index in [-0.39, 0.29) is 6.04 Å². The van der Waals surface area contributed by atoms with Gasteiger partial charge in [0.25, 0.3) is 0 Å². The van der Waals surface area contributed by atoms with E-state index in [1.165, 1.54) is 12.1 Å². The summed E-state index contributed by atoms with van der Waals surface area (Å²) in [5.41, 5.74) is 7.22. The molecule has 0 aromatic heterocycles. The molecule has 6 heteroatoms. The van der Waals surface area contributed by atoms with E-state index in [0.29, 0.717) is 28.0 Å². The summed E-state index contributed by atoms with van der Waals surface area (Å²) < 4.78 is 18.5. The molecule has 2 rings (SSSR count). The van der Waals surface area contributed by atoms with Crippen LogP contribution in [0.5, 0.6) is 5.75 Å². The zero-order chi connectivity index (χ0) is 15.4. The minimum absolute atomic E-state index is 0.216. The molecule has 1 atom stereocenters. The second-order valence-corrected chi connectivity index (χ2v) is 5.33. The largest absolute Gasteiger partial charge is 0.495 e. The fourth-order valence-corrected chi connectivity index (χ4v) is 2.50. The van der Waals surface area contributed by atoms with Crippen molar-refractivity contribution >= 4 is 28.9 Å². The van der Waals surface area contributed by atoms with Gasteiger partial charge in [-0.25, -0.2) is 4.39 Å². The molecule has 0 aliphatic heterocycles. The first-order valence-electron chi connectivity index (χ1n) is 6.29. The van der Waals surface area contributed by atoms with Gasteiger partial charge in [-0.15, -0.1) is 0 Å². The lowest BCUT2D eigenvalue weighted by Crippen LogP contribution is -2.20. The van der Waals surface area contributed by atoms with Gasteiger partial charge < -0.3 is 15.8 Å². The van der Waals surface area contributed by atoms with E-state index in [0.717, 1.165) is 5.56 Å². The lowest BCUT2D eigenvalue weighted by Gasteiger charge is -2.19. The zero-order valence-electron chi connectivity index (χ0n) is 11.4. The molecule has 1 unspecified atom stereocenters. The summed E-state index contributed by atoms with van der Waals surface area (Å²) in [5, 5.41) is 3.96. The van der Waals surface area contributed by atoms with Crippen LogP contribution in [0.15, 0.2) is 36.4 Å². The van der Waals surface area contributed by atoms with Gasteiger partial charge in [-0.2, -0.15) is 0 Å². The Morgan fingerprint density at radius 3 is 2.57 bits per heavy atom. The Bertz CT molecular complexity index is 617. The predicted molar refractivity (Wildman–Crippen MR) is 84.8 cm³/mol. The Labute approximate surface area is 132 Å². The van der Waals surface area contributed by atoms with Crippen LogP contribution in [-0.2, 0) is 0 Å². The lowest BCUT2D eigenvalue weighted by molar-refractivity contribution is 0.415. The van der Waals surface area contributed by atoms with Crippen LogP contribution in [0.1, 0.15) is 11.6 Å². The second kappa shape index (κ2) is 6.98. The Balaban J connectivity index is 2.25. The topological polar surface area (TPSA) is 47.3 Å². The van der Waals surface area contributed by atoms with Crippen molar-refractivity contribution in [1.29, 1.82) is 0 Å². The van der Waals surface area contributed by atoms with Crippen LogP contribution in [0, 0.1) is 5.82 Å². The summed E-state index contributed by atoms with van der Waals surface area (Å²) in [6.07, 6.45) is 0. The van der Waals surface area contributed by atoms with Gasteiger partial charge in [0.05, 0.1) is 18.2 Å². The summed E-state index contributed by atoms with van der Waals surface area (Å²) in [5.74, 6) is 0.179. The van der Waals surface area contributed by atoms with E-state index in [4.69, 9.17) is 33.7 Å². The van der Waals surface area contributed by atoms with E-state index in [1.807, 2.05) is 6.07 Å². The van der Waals surface area contributed by atoms with E-state index >= 15 is 0 Å². The number of nitrogens with one attached hydrogen (secondary N) is 1. The highest BCUT2D eigenvalue weighted by Gasteiger charge is 2.12. The zero-order valence-corrected chi connectivity index (χ0v) is 12.9. The average Bonchev–Trinajstić information content (AvgIpc) is 2.43. The fourth-order valence-electron chi connectivity index (χ4n) is 2.02. The highest BCUT2D eigenvalue weighted by atomic mass is 35.5. The van der Waals surface area contributed by atoms with Gasteiger partial charge in [0, 0.05) is 17.3 Å². The molecule has 0 spiro atoms. The van der Waals surface area contributed by atoms with E-state index in [2.05, 4.69) is 5.32 Å². The van der Waals surface area contributed by atoms with Crippen molar-refractivity contribution in [2.75, 3.05) is 19.0 Å². The third-order valence-corrected chi connectivity index (χ3v) is 3.53. The van der Waals surface area contributed by atoms with Crippen molar-refractivity contribution in [2.45, 2.75) is 6.04 Å². The van der Waals surface area contributed by atoms with Crippen LogP contribution >= 0.6 is 23.2 Å². The fraction of sp³-hybridized carbons (Fsp3) is 0.200. The van der Waals surface area contributed by atoms with Gasteiger partial charge in [-0.3, -0.25) is 0 Å². The van der Waals surface area contributed by atoms with Gasteiger partial charge in [0.1, 0.15) is 11.6 Å². The van der Waals surface area contributed by atoms with Crippen molar-refractivity contribution < 1.29 is 9.13 Å². The maximum absolute atomic E-state index is 13.4. The SMILES string of the molecule is COc1ccc(C(CN)Nc2cc(F)cc(Cl)c2)cc1Cl. The lowest BCUT2D eigenvalue weighted by atomic mass is 10.1. The third-order valence-electron chi connectivity index (χ3n) is 3.02. The monoisotopic (exact) mass is 328 g/mol. The van der Waals surface area contributed by atoms with Crippen LogP contribution in [0.4, 0.5) is 10.1 Å². The quantitative estimate of drug-likeness (QED) is 0.862. The molecule has 0 bridgehead atoms. The molecule has 0 amide bonds. The smallest absolute Gasteiger partial charge is 0.137 e. The summed E-state index contributed by atoms with van der Waals surface area (Å²) in [6, 6.07) is 9.42. The molecule has 0 saturated carbocycles. The van der Waals surface area contributed by atoms with Crippen LogP contribution in [0.25, 0.3) is 0 Å². The number of hydrogen-bond donors (Lipinski definition) is 2. The van der Waals surface area contributed by atoms with E-state index in [1.54, 1.807) is 25.3 Å². The second-order valence-electron chi connectivity index (χ2n) is 4.48. The number of rotatable bonds is 5. The number of methoxy groups -OCH3 is 1. The molecule has 0 heterocycles. The van der Waals surface area contributed by atoms with Gasteiger partial charge in [0.2, 0.25) is 0 Å². The molecule has 3 nitrogen and oxygen atoms in total. The molecule has 2 aromatic carbocycles. The van der Waals surface area contributed by atoms with Crippen molar-refractivity contribution in [2.24, 2.45) is 5.73 Å². The van der Waals surface area contributed by atoms with Gasteiger partial charge >= 0.3 is 0 Å². The number of anilines is 1. The summed E-state index contributed by atoms with van der Waals surface area (Å²) in [7, 11) is 1.55. The Morgan fingerprint density at radius 2 is 2.00 bits per heavy atom. The number of ether oxygens (including phenoxy) is 1. The molecule has 3 N–H and O–H groups in total. The average molecular weight is 329 g/mol. The highest BCUT2D eigenvalue weighted by molar-refractivity contribution is 6.32. The van der Waals surface area contributed by atoms with Gasteiger partial charge in [0.15, 0.2) is 0 Å². The van der Waals surface area contributed by atoms with E-state index < -0.39 is 5.82 Å². The maximum atomic E-state index is 13.4. The molecule has 0 fully saturated rings. The van der Waals surface area contributed by atoms with Gasteiger partial charge in [-0.05, 0) is 35.9 Å². The van der Waals surface area contributed by atoms with Gasteiger partial charge in [-0.1, -0.05) is 29.3 Å². The van der Waals surface area contributed by atoms with Crippen molar-refractivity contribution in [3.05, 3.63) is 57.8 Å². The molecule has 0 saturated heterocycles. The number of halogens is 3. The molecule has 112 valence electrons. The van der Waals surface area contributed by atoms with Crippen LogP contribution in [-0.4, -0.2) is 13.7 Å². The summed E-state index contributed by atoms with van der Waals surface area (Å²) in [6.45, 7) is 0.316. The van der Waals surface area contributed by atoms with Crippen molar-refractivity contribution in [3.63, 3.8) is 0 Å². The van der Waals surface area contributed by atoms with Crippen LogP contribution < -0.4 is 15.8 Å². The number of benzene rings is 2. The first-order chi connectivity index (χ1) is 10.0. The highest BCUT2D eigenvalue weighted by Crippen LogP contribution is 2.29. The number of nitrogens with two attached hydrogens (primary N) is 1. The minimum Gasteiger partial charge on any atom is -0.495 e. The molecule has 0 aliphatic rings. The van der Waals surface area contributed by atoms with Crippen LogP contribution in [0.2, 0.25) is 10.0 Å². The molecule has 0 aliphatic carbocycles. The van der Waals surface area contributed by atoms with Crippen molar-refractivity contribution in [3.8, 4) is 5.75 Å². The van der Waals surface area contributed by atoms with Crippen LogP contribution in [0.3, 0.4) is 0 Å². The van der Waals surface area contributed by atoms with Crippen molar-refractivity contribution in [1.82, 2.24) is 0 Å². The first kappa shape index (κ1) is 15.9. The molecule has 21 heavy (non-hydrogen) atoms. The minimum atomic E-state index is -0.409. The molecule has 2 aromatic rings. The molecular formula is C15H15Cl2FN2O. The maximum Gasteiger partial charge on any atom is 0.137 e. The first-order valence-corrected chi connectivity index (χ1v) is 7.05. The van der Waals surface area contributed by atoms with E-state index in [9.17, 15) is 4.39 Å². The molecule has 0 radical (unpaired) electrons. The summed E-state index contributed by atoms with van der Waals surface area (Å²) >= 11 is 11.9. The number of hydrogen-bond acceptors (Lipinski definition) is 3. The Kier molecular flexibility index (Phi) is 5.28. The standard InChI is InChI=1S/C15H15Cl2FN2O/c1-21-15-3-2-9(4-13(15)17)14(8-19)20-12-6-10(16)5-11(18)7-12/h2-7,14,20H,8,19H2,1H3. The Hall–Kier alpha value is -1.49. The predicted octanol–water partition coefficient (Wildman–Crippen LogP) is 4.25. The summed E-state index contributed by atoms with van der Waals surface area (Å²) in [4.78, 5) is 0. The normalized spacial score (nSPS) is 12.0.